The first kappa shape index (κ1) is 21.2. The Kier molecular flexibility index (Phi) is 6.51. The molecule has 0 spiro atoms. The lowest BCUT2D eigenvalue weighted by molar-refractivity contribution is -0.118. The van der Waals surface area contributed by atoms with Gasteiger partial charge in [0.1, 0.15) is 12.6 Å². The fourth-order valence-electron chi connectivity index (χ4n) is 3.50. The SMILES string of the molecule is Cc1ccc(NC(=O)[C@H](Cc2c[nH]c3ccccc23)NC(=O)OCc2ccccc2)cc1. The molecule has 0 aliphatic carbocycles. The fourth-order valence-corrected chi connectivity index (χ4v) is 3.50. The zero-order valence-corrected chi connectivity index (χ0v) is 17.8. The maximum absolute atomic E-state index is 13.1. The predicted octanol–water partition coefficient (Wildman–Crippen LogP) is 4.95. The predicted molar refractivity (Wildman–Crippen MR) is 125 cm³/mol. The van der Waals surface area contributed by atoms with Gasteiger partial charge in [0, 0.05) is 29.2 Å². The first-order valence-electron chi connectivity index (χ1n) is 10.5. The van der Waals surface area contributed by atoms with Crippen LogP contribution in [0.25, 0.3) is 10.9 Å². The molecule has 4 aromatic rings. The molecule has 3 aromatic carbocycles. The minimum absolute atomic E-state index is 0.131. The van der Waals surface area contributed by atoms with Crippen molar-refractivity contribution in [2.24, 2.45) is 0 Å². The molecule has 0 fully saturated rings. The molecule has 3 N–H and O–H groups in total. The van der Waals surface area contributed by atoms with Crippen molar-refractivity contribution in [1.29, 1.82) is 0 Å². The second-order valence-electron chi connectivity index (χ2n) is 7.68. The highest BCUT2D eigenvalue weighted by Gasteiger charge is 2.23. The maximum atomic E-state index is 13.1. The number of aromatic amines is 1. The number of alkyl carbamates (subject to hydrolysis) is 1. The van der Waals surface area contributed by atoms with Gasteiger partial charge in [-0.2, -0.15) is 0 Å². The first-order chi connectivity index (χ1) is 15.6. The lowest BCUT2D eigenvalue weighted by Crippen LogP contribution is -2.45. The molecule has 6 heteroatoms. The van der Waals surface area contributed by atoms with Crippen molar-refractivity contribution in [3.8, 4) is 0 Å². The van der Waals surface area contributed by atoms with E-state index in [2.05, 4.69) is 15.6 Å². The van der Waals surface area contributed by atoms with Crippen LogP contribution in [0.5, 0.6) is 0 Å². The number of ether oxygens (including phenoxy) is 1. The minimum Gasteiger partial charge on any atom is -0.445 e. The second kappa shape index (κ2) is 9.83. The lowest BCUT2D eigenvalue weighted by atomic mass is 10.0. The van der Waals surface area contributed by atoms with E-state index < -0.39 is 12.1 Å². The van der Waals surface area contributed by atoms with Gasteiger partial charge in [-0.05, 0) is 36.2 Å². The molecule has 6 nitrogen and oxygen atoms in total. The van der Waals surface area contributed by atoms with Gasteiger partial charge in [-0.15, -0.1) is 0 Å². The van der Waals surface area contributed by atoms with E-state index in [1.807, 2.05) is 92.0 Å². The number of para-hydroxylation sites is 1. The van der Waals surface area contributed by atoms with Crippen molar-refractivity contribution in [3.05, 3.63) is 102 Å². The van der Waals surface area contributed by atoms with Crippen LogP contribution in [0.15, 0.2) is 85.1 Å². The molecule has 0 aliphatic heterocycles. The number of fused-ring (bicyclic) bond motifs is 1. The van der Waals surface area contributed by atoms with E-state index in [0.717, 1.165) is 27.6 Å². The van der Waals surface area contributed by atoms with Crippen LogP contribution in [-0.2, 0) is 22.6 Å². The highest BCUT2D eigenvalue weighted by atomic mass is 16.5. The van der Waals surface area contributed by atoms with Crippen molar-refractivity contribution >= 4 is 28.6 Å². The number of hydrogen-bond donors (Lipinski definition) is 3. The van der Waals surface area contributed by atoms with E-state index in [9.17, 15) is 9.59 Å². The molecule has 1 atom stereocenters. The zero-order valence-electron chi connectivity index (χ0n) is 17.8. The van der Waals surface area contributed by atoms with Gasteiger partial charge in [-0.1, -0.05) is 66.2 Å². The van der Waals surface area contributed by atoms with Gasteiger partial charge in [0.15, 0.2) is 0 Å². The standard InChI is InChI=1S/C26H25N3O3/c1-18-11-13-21(14-12-18)28-25(30)24(15-20-16-27-23-10-6-5-9-22(20)23)29-26(31)32-17-19-7-3-2-4-8-19/h2-14,16,24,27H,15,17H2,1H3,(H,28,30)(H,29,31)/t24-/m0/s1. The van der Waals surface area contributed by atoms with E-state index in [1.165, 1.54) is 0 Å². The third kappa shape index (κ3) is 5.35. The quantitative estimate of drug-likeness (QED) is 0.390. The number of nitrogens with one attached hydrogen (secondary N) is 3. The number of H-pyrrole nitrogens is 1. The van der Waals surface area contributed by atoms with E-state index >= 15 is 0 Å². The highest BCUT2D eigenvalue weighted by molar-refractivity contribution is 5.97. The lowest BCUT2D eigenvalue weighted by Gasteiger charge is -2.18. The Hall–Kier alpha value is -4.06. The summed E-state index contributed by atoms with van der Waals surface area (Å²) in [5.74, 6) is -0.309. The van der Waals surface area contributed by atoms with Crippen LogP contribution in [0.4, 0.5) is 10.5 Å². The van der Waals surface area contributed by atoms with Crippen molar-refractivity contribution in [3.63, 3.8) is 0 Å². The van der Waals surface area contributed by atoms with Crippen molar-refractivity contribution in [2.45, 2.75) is 26.0 Å². The molecule has 162 valence electrons. The summed E-state index contributed by atoms with van der Waals surface area (Å²) in [7, 11) is 0. The number of rotatable bonds is 7. The Morgan fingerprint density at radius 1 is 0.938 bits per heavy atom. The van der Waals surface area contributed by atoms with Crippen LogP contribution in [0.2, 0.25) is 0 Å². The van der Waals surface area contributed by atoms with Crippen LogP contribution in [0.1, 0.15) is 16.7 Å². The molecule has 1 heterocycles. The van der Waals surface area contributed by atoms with E-state index in [4.69, 9.17) is 4.74 Å². The van der Waals surface area contributed by atoms with Gasteiger partial charge < -0.3 is 20.4 Å². The van der Waals surface area contributed by atoms with Crippen molar-refractivity contribution < 1.29 is 14.3 Å². The molecule has 0 saturated heterocycles. The van der Waals surface area contributed by atoms with E-state index in [-0.39, 0.29) is 12.5 Å². The highest BCUT2D eigenvalue weighted by Crippen LogP contribution is 2.20. The number of aryl methyl sites for hydroxylation is 1. The van der Waals surface area contributed by atoms with E-state index in [0.29, 0.717) is 12.1 Å². The molecule has 0 saturated carbocycles. The number of carbonyl (C=O) groups excluding carboxylic acids is 2. The largest absolute Gasteiger partial charge is 0.445 e. The fraction of sp³-hybridized carbons (Fsp3) is 0.154. The topological polar surface area (TPSA) is 83.2 Å². The van der Waals surface area contributed by atoms with Crippen LogP contribution < -0.4 is 10.6 Å². The Morgan fingerprint density at radius 2 is 1.66 bits per heavy atom. The van der Waals surface area contributed by atoms with Gasteiger partial charge in [0.05, 0.1) is 0 Å². The third-order valence-electron chi connectivity index (χ3n) is 5.24. The van der Waals surface area contributed by atoms with Gasteiger partial charge in [-0.25, -0.2) is 4.79 Å². The average molecular weight is 428 g/mol. The van der Waals surface area contributed by atoms with Gasteiger partial charge in [0.25, 0.3) is 0 Å². The number of benzene rings is 3. The molecule has 0 bridgehead atoms. The molecule has 0 aliphatic rings. The monoisotopic (exact) mass is 427 g/mol. The van der Waals surface area contributed by atoms with E-state index in [1.54, 1.807) is 0 Å². The van der Waals surface area contributed by atoms with Crippen molar-refractivity contribution in [2.75, 3.05) is 5.32 Å². The van der Waals surface area contributed by atoms with Gasteiger partial charge >= 0.3 is 6.09 Å². The molecule has 32 heavy (non-hydrogen) atoms. The number of carbonyl (C=O) groups is 2. The third-order valence-corrected chi connectivity index (χ3v) is 5.24. The molecule has 0 unspecified atom stereocenters. The van der Waals surface area contributed by atoms with Gasteiger partial charge in [-0.3, -0.25) is 4.79 Å². The number of anilines is 1. The molecule has 0 radical (unpaired) electrons. The maximum Gasteiger partial charge on any atom is 0.408 e. The molecule has 1 aromatic heterocycles. The normalized spacial score (nSPS) is 11.7. The van der Waals surface area contributed by atoms with Crippen LogP contribution >= 0.6 is 0 Å². The molecular weight excluding hydrogens is 402 g/mol. The smallest absolute Gasteiger partial charge is 0.408 e. The van der Waals surface area contributed by atoms with Crippen LogP contribution in [0, 0.1) is 6.92 Å². The zero-order chi connectivity index (χ0) is 22.3. The minimum atomic E-state index is -0.807. The number of aromatic nitrogens is 1. The Morgan fingerprint density at radius 3 is 2.44 bits per heavy atom. The summed E-state index contributed by atoms with van der Waals surface area (Å²) in [6, 6.07) is 24.0. The first-order valence-corrected chi connectivity index (χ1v) is 10.5. The molecule has 4 rings (SSSR count). The summed E-state index contributed by atoms with van der Waals surface area (Å²) >= 11 is 0. The van der Waals surface area contributed by atoms with Crippen LogP contribution in [0.3, 0.4) is 0 Å². The number of hydrogen-bond acceptors (Lipinski definition) is 3. The Bertz CT molecular complexity index is 1200. The average Bonchev–Trinajstić information content (AvgIpc) is 3.22. The van der Waals surface area contributed by atoms with Gasteiger partial charge in [0.2, 0.25) is 5.91 Å². The Balaban J connectivity index is 1.49. The molecule has 2 amide bonds. The Labute approximate surface area is 186 Å². The summed E-state index contributed by atoms with van der Waals surface area (Å²) in [4.78, 5) is 28.8. The number of amides is 2. The summed E-state index contributed by atoms with van der Waals surface area (Å²) in [6.07, 6.45) is 1.55. The second-order valence-corrected chi connectivity index (χ2v) is 7.68. The summed E-state index contributed by atoms with van der Waals surface area (Å²) in [5.41, 5.74) is 4.56. The van der Waals surface area contributed by atoms with Crippen LogP contribution in [-0.4, -0.2) is 23.0 Å². The summed E-state index contributed by atoms with van der Waals surface area (Å²) < 4.78 is 5.34. The van der Waals surface area contributed by atoms with Crippen molar-refractivity contribution in [1.82, 2.24) is 10.3 Å². The molecular formula is C26H25N3O3. The summed E-state index contributed by atoms with van der Waals surface area (Å²) in [6.45, 7) is 2.11. The summed E-state index contributed by atoms with van der Waals surface area (Å²) in [5, 5.41) is 6.64.